The number of aromatic nitrogens is 3. The zero-order chi connectivity index (χ0) is 14.0. The van der Waals surface area contributed by atoms with E-state index in [0.29, 0.717) is 10.9 Å². The number of ether oxygens (including phenoxy) is 1. The molecular weight excluding hydrogens is 268 g/mol. The number of anilines is 2. The molecule has 0 aromatic carbocycles. The predicted octanol–water partition coefficient (Wildman–Crippen LogP) is 1.61. The molecule has 2 aromatic heterocycles. The molecule has 0 atom stereocenters. The normalized spacial score (nSPS) is 10.3. The van der Waals surface area contributed by atoms with Crippen molar-refractivity contribution in [3.8, 4) is 0 Å². The molecule has 8 heteroatoms. The number of hydrogen-bond donors (Lipinski definition) is 1. The van der Waals surface area contributed by atoms with Gasteiger partial charge >= 0.3 is 5.97 Å². The maximum absolute atomic E-state index is 11.5. The monoisotopic (exact) mass is 280 g/mol. The molecule has 0 spiro atoms. The first kappa shape index (κ1) is 13.2. The van der Waals surface area contributed by atoms with Gasteiger partial charge in [-0.3, -0.25) is 9.48 Å². The van der Waals surface area contributed by atoms with Crippen molar-refractivity contribution in [1.82, 2.24) is 14.8 Å². The minimum Gasteiger partial charge on any atom is -0.464 e. The van der Waals surface area contributed by atoms with Crippen LogP contribution in [0.15, 0.2) is 12.3 Å². The van der Waals surface area contributed by atoms with Gasteiger partial charge in [0.1, 0.15) is 10.7 Å². The van der Waals surface area contributed by atoms with Crippen LogP contribution in [0, 0.1) is 0 Å². The fourth-order valence-electron chi connectivity index (χ4n) is 1.45. The second-order valence-electron chi connectivity index (χ2n) is 3.71. The first-order chi connectivity index (χ1) is 9.02. The Morgan fingerprint density at radius 3 is 2.74 bits per heavy atom. The van der Waals surface area contributed by atoms with E-state index in [1.54, 1.807) is 24.0 Å². The highest BCUT2D eigenvalue weighted by Crippen LogP contribution is 2.26. The molecule has 0 aliphatic rings. The van der Waals surface area contributed by atoms with E-state index in [9.17, 15) is 9.59 Å². The van der Waals surface area contributed by atoms with Crippen LogP contribution in [0.4, 0.5) is 10.9 Å². The Kier molecular flexibility index (Phi) is 3.61. The van der Waals surface area contributed by atoms with Gasteiger partial charge in [0.25, 0.3) is 0 Å². The van der Waals surface area contributed by atoms with Crippen LogP contribution in [0.3, 0.4) is 0 Å². The zero-order valence-corrected chi connectivity index (χ0v) is 11.4. The van der Waals surface area contributed by atoms with Crippen molar-refractivity contribution in [3.05, 3.63) is 22.8 Å². The summed E-state index contributed by atoms with van der Waals surface area (Å²) >= 11 is 1.10. The Bertz CT molecular complexity index is 632. The van der Waals surface area contributed by atoms with E-state index in [4.69, 9.17) is 0 Å². The minimum atomic E-state index is -0.625. The van der Waals surface area contributed by atoms with Crippen LogP contribution in [0.2, 0.25) is 0 Å². The van der Waals surface area contributed by atoms with Gasteiger partial charge in [-0.05, 0) is 0 Å². The fourth-order valence-corrected chi connectivity index (χ4v) is 2.31. The molecule has 100 valence electrons. The summed E-state index contributed by atoms with van der Waals surface area (Å²) in [5.74, 6) is -0.143. The first-order valence-corrected chi connectivity index (χ1v) is 6.19. The van der Waals surface area contributed by atoms with Gasteiger partial charge in [-0.1, -0.05) is 11.3 Å². The van der Waals surface area contributed by atoms with Crippen molar-refractivity contribution in [3.63, 3.8) is 0 Å². The van der Waals surface area contributed by atoms with Crippen LogP contribution < -0.4 is 5.32 Å². The van der Waals surface area contributed by atoms with Crippen molar-refractivity contribution in [2.24, 2.45) is 7.05 Å². The van der Waals surface area contributed by atoms with Crippen LogP contribution in [0.25, 0.3) is 0 Å². The predicted molar refractivity (Wildman–Crippen MR) is 69.9 cm³/mol. The summed E-state index contributed by atoms with van der Waals surface area (Å²) in [6.07, 6.45) is 1.63. The summed E-state index contributed by atoms with van der Waals surface area (Å²) in [6, 6.07) is 1.76. The number of carbonyl (C=O) groups excluding carboxylic acids is 2. The molecule has 0 fully saturated rings. The second-order valence-corrected chi connectivity index (χ2v) is 4.71. The summed E-state index contributed by atoms with van der Waals surface area (Å²) < 4.78 is 6.22. The van der Waals surface area contributed by atoms with Crippen molar-refractivity contribution in [2.45, 2.75) is 6.92 Å². The number of carbonyl (C=O) groups is 2. The first-order valence-electron chi connectivity index (χ1n) is 5.38. The number of nitrogens with one attached hydrogen (secondary N) is 1. The second kappa shape index (κ2) is 5.19. The van der Waals surface area contributed by atoms with E-state index in [2.05, 4.69) is 20.1 Å². The number of rotatable bonds is 4. The lowest BCUT2D eigenvalue weighted by Gasteiger charge is -2.01. The number of methoxy groups -OCH3 is 1. The van der Waals surface area contributed by atoms with E-state index < -0.39 is 5.97 Å². The molecule has 19 heavy (non-hydrogen) atoms. The van der Waals surface area contributed by atoms with Crippen LogP contribution in [-0.4, -0.2) is 33.6 Å². The standard InChI is InChI=1S/C11H12N4O3S/c1-6(16)9-8(10(17)18-3)14-11(19-9)13-7-4-5-12-15(7)2/h4-5H,1-3H3,(H,13,14). The topological polar surface area (TPSA) is 86.1 Å². The van der Waals surface area contributed by atoms with Gasteiger partial charge in [0.2, 0.25) is 0 Å². The molecule has 2 heterocycles. The lowest BCUT2D eigenvalue weighted by atomic mass is 10.3. The Labute approximate surface area is 113 Å². The Hall–Kier alpha value is -2.22. The average molecular weight is 280 g/mol. The zero-order valence-electron chi connectivity index (χ0n) is 10.6. The molecule has 0 saturated carbocycles. The van der Waals surface area contributed by atoms with Crippen LogP contribution in [0.1, 0.15) is 27.1 Å². The molecule has 2 rings (SSSR count). The third-order valence-electron chi connectivity index (χ3n) is 2.38. The summed E-state index contributed by atoms with van der Waals surface area (Å²) in [6.45, 7) is 1.38. The van der Waals surface area contributed by atoms with E-state index >= 15 is 0 Å². The number of aryl methyl sites for hydroxylation is 1. The molecule has 0 saturated heterocycles. The van der Waals surface area contributed by atoms with Crippen LogP contribution in [-0.2, 0) is 11.8 Å². The molecule has 7 nitrogen and oxygen atoms in total. The number of ketones is 1. The van der Waals surface area contributed by atoms with Crippen LogP contribution in [0.5, 0.6) is 0 Å². The van der Waals surface area contributed by atoms with Gasteiger partial charge in [0, 0.05) is 20.0 Å². The third-order valence-corrected chi connectivity index (χ3v) is 3.45. The van der Waals surface area contributed by atoms with Crippen molar-refractivity contribution in [2.75, 3.05) is 12.4 Å². The maximum Gasteiger partial charge on any atom is 0.358 e. The number of Topliss-reactive ketones (excluding diaryl/α,β-unsaturated/α-hetero) is 1. The molecule has 2 aromatic rings. The van der Waals surface area contributed by atoms with Gasteiger partial charge < -0.3 is 10.1 Å². The van der Waals surface area contributed by atoms with Crippen molar-refractivity contribution in [1.29, 1.82) is 0 Å². The van der Waals surface area contributed by atoms with Gasteiger partial charge in [-0.2, -0.15) is 5.10 Å². The van der Waals surface area contributed by atoms with Gasteiger partial charge in [0.15, 0.2) is 16.6 Å². The fraction of sp³-hybridized carbons (Fsp3) is 0.273. The van der Waals surface area contributed by atoms with Crippen molar-refractivity contribution >= 4 is 34.0 Å². The Balaban J connectivity index is 2.35. The smallest absolute Gasteiger partial charge is 0.358 e. The Morgan fingerprint density at radius 1 is 1.47 bits per heavy atom. The SMILES string of the molecule is COC(=O)c1nc(Nc2ccnn2C)sc1C(C)=O. The quantitative estimate of drug-likeness (QED) is 0.676. The highest BCUT2D eigenvalue weighted by atomic mass is 32.1. The molecule has 0 aliphatic heterocycles. The molecule has 1 N–H and O–H groups in total. The van der Waals surface area contributed by atoms with Gasteiger partial charge in [-0.25, -0.2) is 9.78 Å². The van der Waals surface area contributed by atoms with Gasteiger partial charge in [0.05, 0.1) is 13.3 Å². The number of nitrogens with zero attached hydrogens (tertiary/aromatic N) is 3. The number of hydrogen-bond acceptors (Lipinski definition) is 7. The highest BCUT2D eigenvalue weighted by molar-refractivity contribution is 7.17. The van der Waals surface area contributed by atoms with Crippen LogP contribution >= 0.6 is 11.3 Å². The molecule has 0 amide bonds. The third kappa shape index (κ3) is 2.63. The largest absolute Gasteiger partial charge is 0.464 e. The van der Waals surface area contributed by atoms with E-state index in [1.165, 1.54) is 14.0 Å². The van der Waals surface area contributed by atoms with E-state index in [1.807, 2.05) is 0 Å². The lowest BCUT2D eigenvalue weighted by Crippen LogP contribution is -2.07. The summed E-state index contributed by atoms with van der Waals surface area (Å²) in [5.41, 5.74) is 0.0321. The summed E-state index contributed by atoms with van der Waals surface area (Å²) in [7, 11) is 3.02. The maximum atomic E-state index is 11.5. The molecule has 0 radical (unpaired) electrons. The van der Waals surface area contributed by atoms with E-state index in [0.717, 1.165) is 11.3 Å². The van der Waals surface area contributed by atoms with Gasteiger partial charge in [-0.15, -0.1) is 0 Å². The molecule has 0 unspecified atom stereocenters. The average Bonchev–Trinajstić information content (AvgIpc) is 2.96. The summed E-state index contributed by atoms with van der Waals surface area (Å²) in [4.78, 5) is 27.4. The highest BCUT2D eigenvalue weighted by Gasteiger charge is 2.22. The van der Waals surface area contributed by atoms with Crippen molar-refractivity contribution < 1.29 is 14.3 Å². The number of esters is 1. The van der Waals surface area contributed by atoms with E-state index in [-0.39, 0.29) is 16.4 Å². The summed E-state index contributed by atoms with van der Waals surface area (Å²) in [5, 5.41) is 7.43. The number of thiazole rings is 1. The molecular formula is C11H12N4O3S. The lowest BCUT2D eigenvalue weighted by molar-refractivity contribution is 0.0591. The Morgan fingerprint density at radius 2 is 2.21 bits per heavy atom. The molecule has 0 aliphatic carbocycles. The molecule has 0 bridgehead atoms. The minimum absolute atomic E-state index is 0.0321.